The fourth-order valence-electron chi connectivity index (χ4n) is 4.71. The Balaban J connectivity index is 1.95. The van der Waals surface area contributed by atoms with E-state index in [0.29, 0.717) is 5.57 Å². The van der Waals surface area contributed by atoms with Gasteiger partial charge in [-0.3, -0.25) is 0 Å². The van der Waals surface area contributed by atoms with Gasteiger partial charge in [-0.2, -0.15) is 0 Å². The summed E-state index contributed by atoms with van der Waals surface area (Å²) in [6, 6.07) is 3.30. The van der Waals surface area contributed by atoms with Crippen molar-refractivity contribution in [2.45, 2.75) is 76.5 Å². The first-order chi connectivity index (χ1) is 10.4. The van der Waals surface area contributed by atoms with Gasteiger partial charge in [0.05, 0.1) is 11.7 Å². The van der Waals surface area contributed by atoms with Crippen LogP contribution in [0.5, 0.6) is 0 Å². The first-order valence-electron chi connectivity index (χ1n) is 8.75. The number of hydrogen-bond acceptors (Lipinski definition) is 4. The summed E-state index contributed by atoms with van der Waals surface area (Å²) < 4.78 is 12.2. The maximum absolute atomic E-state index is 12.0. The lowest BCUT2D eigenvalue weighted by molar-refractivity contribution is -0.140. The molecule has 3 rings (SSSR count). The number of hydrogen-bond donors (Lipinski definition) is 1. The van der Waals surface area contributed by atoms with Crippen molar-refractivity contribution in [3.05, 3.63) is 11.6 Å². The van der Waals surface area contributed by atoms with Crippen LogP contribution in [0.4, 0.5) is 0 Å². The van der Waals surface area contributed by atoms with E-state index in [4.69, 9.17) is 9.16 Å². The lowest BCUT2D eigenvalue weighted by Gasteiger charge is -2.45. The molecule has 1 heterocycles. The summed E-state index contributed by atoms with van der Waals surface area (Å²) in [7, 11) is -1.75. The highest BCUT2D eigenvalue weighted by molar-refractivity contribution is 6.73. The standard InChI is InChI=1S/C17H28O4Si/c1-5-22(6-2,7-3)21-15-11(4)10-13-16(18)20-14-9-8-12(15)17(13,14)19/h10-12,14-15,19H,5-9H2,1-4H3/t11-,12-,14-,15+,17+/m1/s1. The molecule has 2 fully saturated rings. The molecule has 0 amide bonds. The molecule has 22 heavy (non-hydrogen) atoms. The molecule has 1 saturated carbocycles. The molecule has 4 nitrogen and oxygen atoms in total. The summed E-state index contributed by atoms with van der Waals surface area (Å²) in [4.78, 5) is 12.0. The van der Waals surface area contributed by atoms with E-state index in [1.54, 1.807) is 0 Å². The van der Waals surface area contributed by atoms with Crippen LogP contribution < -0.4 is 0 Å². The molecule has 0 spiro atoms. The predicted octanol–water partition coefficient (Wildman–Crippen LogP) is 3.02. The van der Waals surface area contributed by atoms with E-state index < -0.39 is 13.9 Å². The van der Waals surface area contributed by atoms with Gasteiger partial charge in [0.1, 0.15) is 11.7 Å². The van der Waals surface area contributed by atoms with Crippen molar-refractivity contribution in [3.63, 3.8) is 0 Å². The van der Waals surface area contributed by atoms with Crippen molar-refractivity contribution >= 4 is 14.3 Å². The molecular formula is C17H28O4Si. The van der Waals surface area contributed by atoms with Crippen LogP contribution in [-0.4, -0.2) is 37.2 Å². The lowest BCUT2D eigenvalue weighted by atomic mass is 9.71. The molecule has 2 aliphatic carbocycles. The van der Waals surface area contributed by atoms with Gasteiger partial charge in [-0.25, -0.2) is 4.79 Å². The quantitative estimate of drug-likeness (QED) is 0.624. The van der Waals surface area contributed by atoms with Crippen LogP contribution in [0.3, 0.4) is 0 Å². The highest BCUT2D eigenvalue weighted by Crippen LogP contribution is 2.54. The van der Waals surface area contributed by atoms with Gasteiger partial charge in [-0.1, -0.05) is 33.8 Å². The van der Waals surface area contributed by atoms with Crippen LogP contribution in [0, 0.1) is 11.8 Å². The Hall–Kier alpha value is -0.653. The molecule has 5 heteroatoms. The van der Waals surface area contributed by atoms with Crippen LogP contribution in [0.15, 0.2) is 11.6 Å². The van der Waals surface area contributed by atoms with Crippen LogP contribution in [0.1, 0.15) is 40.5 Å². The van der Waals surface area contributed by atoms with Gasteiger partial charge in [0, 0.05) is 11.8 Å². The average Bonchev–Trinajstić information content (AvgIpc) is 2.96. The largest absolute Gasteiger partial charge is 0.455 e. The molecule has 0 aromatic rings. The number of esters is 1. The number of rotatable bonds is 5. The maximum atomic E-state index is 12.0. The van der Waals surface area contributed by atoms with Gasteiger partial charge in [0.15, 0.2) is 8.32 Å². The van der Waals surface area contributed by atoms with Crippen molar-refractivity contribution in [1.29, 1.82) is 0 Å². The van der Waals surface area contributed by atoms with E-state index >= 15 is 0 Å². The van der Waals surface area contributed by atoms with Gasteiger partial charge in [0.2, 0.25) is 0 Å². The predicted molar refractivity (Wildman–Crippen MR) is 86.9 cm³/mol. The average molecular weight is 324 g/mol. The second-order valence-electron chi connectivity index (χ2n) is 7.17. The number of aliphatic hydroxyl groups is 1. The zero-order valence-corrected chi connectivity index (χ0v) is 15.1. The van der Waals surface area contributed by atoms with Crippen LogP contribution in [0.2, 0.25) is 18.1 Å². The number of carbonyl (C=O) groups excluding carboxylic acids is 1. The molecular weight excluding hydrogens is 296 g/mol. The monoisotopic (exact) mass is 324 g/mol. The topological polar surface area (TPSA) is 55.8 Å². The molecule has 0 aromatic heterocycles. The second kappa shape index (κ2) is 5.46. The van der Waals surface area contributed by atoms with Gasteiger partial charge in [0.25, 0.3) is 0 Å². The molecule has 124 valence electrons. The molecule has 0 radical (unpaired) electrons. The molecule has 1 N–H and O–H groups in total. The molecule has 0 aromatic carbocycles. The van der Waals surface area contributed by atoms with E-state index in [1.165, 1.54) is 0 Å². The first-order valence-corrected chi connectivity index (χ1v) is 11.3. The Morgan fingerprint density at radius 2 is 1.95 bits per heavy atom. The van der Waals surface area contributed by atoms with E-state index in [9.17, 15) is 9.90 Å². The van der Waals surface area contributed by atoms with Crippen molar-refractivity contribution in [3.8, 4) is 0 Å². The van der Waals surface area contributed by atoms with E-state index in [-0.39, 0.29) is 30.0 Å². The Bertz CT molecular complexity index is 491. The molecule has 0 bridgehead atoms. The van der Waals surface area contributed by atoms with Crippen LogP contribution in [0.25, 0.3) is 0 Å². The highest BCUT2D eigenvalue weighted by Gasteiger charge is 2.65. The minimum atomic E-state index is -1.75. The fraction of sp³-hybridized carbons (Fsp3) is 0.824. The highest BCUT2D eigenvalue weighted by atomic mass is 28.4. The maximum Gasteiger partial charge on any atom is 0.337 e. The first kappa shape index (κ1) is 16.2. The van der Waals surface area contributed by atoms with Crippen molar-refractivity contribution < 1.29 is 19.1 Å². The van der Waals surface area contributed by atoms with E-state index in [2.05, 4.69) is 27.7 Å². The Labute approximate surface area is 134 Å². The minimum Gasteiger partial charge on any atom is -0.455 e. The zero-order chi connectivity index (χ0) is 16.1. The van der Waals surface area contributed by atoms with Gasteiger partial charge in [-0.05, 0) is 31.0 Å². The smallest absolute Gasteiger partial charge is 0.337 e. The Morgan fingerprint density at radius 3 is 2.55 bits per heavy atom. The van der Waals surface area contributed by atoms with E-state index in [0.717, 1.165) is 31.0 Å². The Morgan fingerprint density at radius 1 is 1.32 bits per heavy atom. The third-order valence-corrected chi connectivity index (χ3v) is 11.0. The van der Waals surface area contributed by atoms with Crippen molar-refractivity contribution in [2.24, 2.45) is 11.8 Å². The van der Waals surface area contributed by atoms with Crippen molar-refractivity contribution in [1.82, 2.24) is 0 Å². The summed E-state index contributed by atoms with van der Waals surface area (Å²) in [5.74, 6) is -0.177. The molecule has 0 unspecified atom stereocenters. The summed E-state index contributed by atoms with van der Waals surface area (Å²) in [5, 5.41) is 11.2. The summed E-state index contributed by atoms with van der Waals surface area (Å²) in [6.07, 6.45) is 3.18. The van der Waals surface area contributed by atoms with Crippen molar-refractivity contribution in [2.75, 3.05) is 0 Å². The molecule has 1 aliphatic heterocycles. The molecule has 5 atom stereocenters. The molecule has 3 aliphatic rings. The van der Waals surface area contributed by atoms with E-state index in [1.807, 2.05) is 6.08 Å². The second-order valence-corrected chi connectivity index (χ2v) is 11.9. The third-order valence-electron chi connectivity index (χ3n) is 6.36. The van der Waals surface area contributed by atoms with Crippen LogP contribution in [-0.2, 0) is 14.0 Å². The number of ether oxygens (including phenoxy) is 1. The summed E-state index contributed by atoms with van der Waals surface area (Å²) >= 11 is 0. The number of carbonyl (C=O) groups is 1. The SMILES string of the molecule is CC[Si](CC)(CC)O[C@H]1[C@H](C)C=C2C(=O)O[C@@H]3CC[C@H]1[C@]23O. The lowest BCUT2D eigenvalue weighted by Crippen LogP contribution is -2.54. The van der Waals surface area contributed by atoms with Gasteiger partial charge in [-0.15, -0.1) is 0 Å². The molecule has 1 saturated heterocycles. The minimum absolute atomic E-state index is 0.00419. The fourth-order valence-corrected chi connectivity index (χ4v) is 7.66. The third kappa shape index (κ3) is 2.05. The normalized spacial score (nSPS) is 40.4. The van der Waals surface area contributed by atoms with Crippen LogP contribution >= 0.6 is 0 Å². The summed E-state index contributed by atoms with van der Waals surface area (Å²) in [5.41, 5.74) is -0.618. The summed E-state index contributed by atoms with van der Waals surface area (Å²) in [6.45, 7) is 8.78. The zero-order valence-electron chi connectivity index (χ0n) is 14.1. The van der Waals surface area contributed by atoms with Gasteiger partial charge >= 0.3 is 5.97 Å². The Kier molecular flexibility index (Phi) is 4.02. The van der Waals surface area contributed by atoms with Gasteiger partial charge < -0.3 is 14.3 Å².